The molecule has 0 atom stereocenters. The van der Waals surface area contributed by atoms with Gasteiger partial charge >= 0.3 is 0 Å². The van der Waals surface area contributed by atoms with Crippen molar-refractivity contribution in [2.45, 2.75) is 26.5 Å². The van der Waals surface area contributed by atoms with Gasteiger partial charge in [0, 0.05) is 27.7 Å². The fraction of sp³-hybridized carbons (Fsp3) is 0.148. The average molecular weight is 529 g/mol. The molecule has 0 amide bonds. The van der Waals surface area contributed by atoms with Crippen LogP contribution in [0.5, 0.6) is 0 Å². The fourth-order valence-electron chi connectivity index (χ4n) is 4.13. The van der Waals surface area contributed by atoms with Crippen LogP contribution in [0.25, 0.3) is 5.69 Å². The summed E-state index contributed by atoms with van der Waals surface area (Å²) in [6.45, 7) is 5.80. The second-order valence-electron chi connectivity index (χ2n) is 8.53. The number of sulfonamides is 1. The molecule has 2 bridgehead atoms. The zero-order valence-electron chi connectivity index (χ0n) is 19.8. The Morgan fingerprint density at radius 1 is 0.944 bits per heavy atom. The van der Waals surface area contributed by atoms with Gasteiger partial charge in [-0.25, -0.2) is 17.2 Å². The number of halogens is 3. The van der Waals surface area contributed by atoms with Crippen LogP contribution in [0.15, 0.2) is 66.7 Å². The number of hydrogen-bond acceptors (Lipinski definition) is 3. The minimum Gasteiger partial charge on any atom is -0.317 e. The van der Waals surface area contributed by atoms with Gasteiger partial charge in [0.25, 0.3) is 0 Å². The van der Waals surface area contributed by atoms with Crippen molar-refractivity contribution in [3.63, 3.8) is 0 Å². The average Bonchev–Trinajstić information content (AvgIpc) is 2.92. The van der Waals surface area contributed by atoms with Gasteiger partial charge in [-0.2, -0.15) is 0 Å². The van der Waals surface area contributed by atoms with E-state index in [-0.39, 0.29) is 11.3 Å². The summed E-state index contributed by atoms with van der Waals surface area (Å²) in [4.78, 5) is 12.9. The number of nitrogens with zero attached hydrogens (tertiary/aromatic N) is 1. The van der Waals surface area contributed by atoms with Gasteiger partial charge in [0.2, 0.25) is 15.8 Å². The highest BCUT2D eigenvalue weighted by Gasteiger charge is 2.23. The first kappa shape index (κ1) is 25.6. The minimum atomic E-state index is -3.10. The Balaban J connectivity index is 0.000000229. The molecule has 4 aromatic rings. The van der Waals surface area contributed by atoms with Crippen LogP contribution in [0.1, 0.15) is 38.4 Å². The summed E-state index contributed by atoms with van der Waals surface area (Å²) in [5, 5.41) is 0.322. The van der Waals surface area contributed by atoms with Crippen molar-refractivity contribution >= 4 is 33.1 Å². The van der Waals surface area contributed by atoms with Crippen LogP contribution in [-0.4, -0.2) is 18.8 Å². The molecule has 3 aromatic carbocycles. The molecule has 0 saturated heterocycles. The van der Waals surface area contributed by atoms with E-state index in [9.17, 15) is 22.0 Å². The number of benzene rings is 3. The summed E-state index contributed by atoms with van der Waals surface area (Å²) in [7, 11) is -3.10. The lowest BCUT2D eigenvalue weighted by Crippen LogP contribution is -2.12. The Morgan fingerprint density at radius 3 is 2.17 bits per heavy atom. The van der Waals surface area contributed by atoms with E-state index in [0.29, 0.717) is 16.4 Å². The van der Waals surface area contributed by atoms with Crippen molar-refractivity contribution in [2.75, 3.05) is 4.72 Å². The highest BCUT2D eigenvalue weighted by molar-refractivity contribution is 7.91. The lowest BCUT2D eigenvalue weighted by molar-refractivity contribution is 0.103. The molecule has 9 heteroatoms. The number of anilines is 1. The number of carbonyl (C=O) groups is 1. The molecular weight excluding hydrogens is 506 g/mol. The molecule has 5 nitrogen and oxygen atoms in total. The highest BCUT2D eigenvalue weighted by Crippen LogP contribution is 2.28. The summed E-state index contributed by atoms with van der Waals surface area (Å²) < 4.78 is 54.7. The molecule has 0 aliphatic carbocycles. The number of aryl methyl sites for hydroxylation is 2. The lowest BCUT2D eigenvalue weighted by atomic mass is 10.00. The van der Waals surface area contributed by atoms with Gasteiger partial charge in [0.05, 0.1) is 17.0 Å². The third kappa shape index (κ3) is 5.20. The standard InChI is InChI=1S/C20H16ClF2NO.C7H7NO2S/c1-11-9-12(2)24(13(11)3)18-8-7-14(21)10-15(18)20(25)19-16(22)5-4-6-17(19)23;9-11(10)5-6-1-3-7(8-11)4-2-6/h4-10H,1-3H3;1-4,8H,5H2. The quantitative estimate of drug-likeness (QED) is 0.308. The van der Waals surface area contributed by atoms with Gasteiger partial charge in [-0.1, -0.05) is 29.8 Å². The molecule has 1 aromatic heterocycles. The van der Waals surface area contributed by atoms with Crippen LogP contribution >= 0.6 is 11.6 Å². The third-order valence-corrected chi connectivity index (χ3v) is 7.40. The van der Waals surface area contributed by atoms with Gasteiger partial charge in [-0.05, 0) is 80.4 Å². The van der Waals surface area contributed by atoms with Gasteiger partial charge < -0.3 is 4.57 Å². The van der Waals surface area contributed by atoms with Gasteiger partial charge in [-0.3, -0.25) is 9.52 Å². The second kappa shape index (κ2) is 9.87. The number of ketones is 1. The Kier molecular flexibility index (Phi) is 7.02. The Morgan fingerprint density at radius 2 is 1.58 bits per heavy atom. The second-order valence-corrected chi connectivity index (χ2v) is 10.7. The van der Waals surface area contributed by atoms with E-state index in [1.54, 1.807) is 24.3 Å². The first-order valence-corrected chi connectivity index (χ1v) is 13.0. The van der Waals surface area contributed by atoms with E-state index in [4.69, 9.17) is 11.6 Å². The van der Waals surface area contributed by atoms with E-state index in [1.807, 2.05) is 43.5 Å². The molecular formula is C27H23ClF2N2O3S. The summed E-state index contributed by atoms with van der Waals surface area (Å²) in [6, 6.07) is 17.3. The van der Waals surface area contributed by atoms with Crippen LogP contribution in [0.4, 0.5) is 14.5 Å². The molecule has 186 valence electrons. The van der Waals surface area contributed by atoms with Crippen molar-refractivity contribution in [1.29, 1.82) is 0 Å². The highest BCUT2D eigenvalue weighted by atomic mass is 35.5. The molecule has 3 heterocycles. The molecule has 2 aliphatic rings. The van der Waals surface area contributed by atoms with Crippen LogP contribution in [-0.2, 0) is 15.8 Å². The minimum absolute atomic E-state index is 0.0868. The normalized spacial score (nSPS) is 13.4. The number of rotatable bonds is 3. The van der Waals surface area contributed by atoms with Gasteiger partial charge in [0.15, 0.2) is 0 Å². The van der Waals surface area contributed by atoms with Crippen LogP contribution in [0.2, 0.25) is 5.02 Å². The first-order valence-electron chi connectivity index (χ1n) is 11.0. The number of fused-ring (bicyclic) bond motifs is 4. The number of hydrogen-bond donors (Lipinski definition) is 1. The monoisotopic (exact) mass is 528 g/mol. The van der Waals surface area contributed by atoms with Gasteiger partial charge in [-0.15, -0.1) is 0 Å². The van der Waals surface area contributed by atoms with Crippen LogP contribution in [0.3, 0.4) is 0 Å². The molecule has 2 aliphatic heterocycles. The van der Waals surface area contributed by atoms with E-state index >= 15 is 0 Å². The topological polar surface area (TPSA) is 68.2 Å². The Bertz CT molecular complexity index is 1530. The molecule has 36 heavy (non-hydrogen) atoms. The van der Waals surface area contributed by atoms with E-state index in [0.717, 1.165) is 34.6 Å². The summed E-state index contributed by atoms with van der Waals surface area (Å²) in [6.07, 6.45) is 0. The van der Waals surface area contributed by atoms with E-state index < -0.39 is 33.0 Å². The molecule has 0 unspecified atom stereocenters. The molecule has 1 N–H and O–H groups in total. The summed E-state index contributed by atoms with van der Waals surface area (Å²) >= 11 is 6.05. The number of aromatic nitrogens is 1. The predicted octanol–water partition coefficient (Wildman–Crippen LogP) is 6.51. The van der Waals surface area contributed by atoms with Crippen molar-refractivity contribution in [3.05, 3.63) is 117 Å². The SMILES string of the molecule is Cc1cc(C)n(-c2ccc(Cl)cc2C(=O)c2c(F)cccc2F)c1C.O=S1(=O)Cc2ccc(cc2)N1. The lowest BCUT2D eigenvalue weighted by Gasteiger charge is -2.15. The van der Waals surface area contributed by atoms with E-state index in [2.05, 4.69) is 4.72 Å². The maximum Gasteiger partial charge on any atom is 0.236 e. The fourth-order valence-corrected chi connectivity index (χ4v) is 5.50. The largest absolute Gasteiger partial charge is 0.317 e. The predicted molar refractivity (Wildman–Crippen MR) is 137 cm³/mol. The zero-order valence-corrected chi connectivity index (χ0v) is 21.3. The summed E-state index contributed by atoms with van der Waals surface area (Å²) in [5.74, 6) is -2.44. The molecule has 0 saturated carbocycles. The number of carbonyl (C=O) groups excluding carboxylic acids is 1. The van der Waals surface area contributed by atoms with Crippen molar-refractivity contribution in [1.82, 2.24) is 4.57 Å². The molecule has 6 rings (SSSR count). The van der Waals surface area contributed by atoms with Crippen molar-refractivity contribution < 1.29 is 22.0 Å². The van der Waals surface area contributed by atoms with E-state index in [1.165, 1.54) is 12.1 Å². The maximum atomic E-state index is 14.1. The van der Waals surface area contributed by atoms with Crippen molar-refractivity contribution in [2.24, 2.45) is 0 Å². The third-order valence-electron chi connectivity index (χ3n) is 5.90. The Labute approximate surface area is 213 Å². The van der Waals surface area contributed by atoms with Crippen LogP contribution in [0, 0.1) is 32.4 Å². The molecule has 0 radical (unpaired) electrons. The van der Waals surface area contributed by atoms with Crippen LogP contribution < -0.4 is 4.72 Å². The van der Waals surface area contributed by atoms with Crippen molar-refractivity contribution in [3.8, 4) is 5.69 Å². The first-order chi connectivity index (χ1) is 17.0. The molecule has 0 spiro atoms. The maximum absolute atomic E-state index is 14.1. The Hall–Kier alpha value is -3.49. The smallest absolute Gasteiger partial charge is 0.236 e. The molecule has 0 fully saturated rings. The summed E-state index contributed by atoms with van der Waals surface area (Å²) in [5.41, 5.74) is 4.51. The van der Waals surface area contributed by atoms with Gasteiger partial charge in [0.1, 0.15) is 11.6 Å². The zero-order chi connectivity index (χ0) is 26.2. The number of nitrogens with one attached hydrogen (secondary N) is 1.